The zero-order chi connectivity index (χ0) is 28.1. The van der Waals surface area contributed by atoms with Gasteiger partial charge in [0.2, 0.25) is 10.0 Å². The summed E-state index contributed by atoms with van der Waals surface area (Å²) in [6.45, 7) is 5.84. The van der Waals surface area contributed by atoms with Gasteiger partial charge in [-0.15, -0.1) is 0 Å². The molecule has 5 rings (SSSR count). The van der Waals surface area contributed by atoms with E-state index in [1.165, 1.54) is 9.87 Å². The van der Waals surface area contributed by atoms with Gasteiger partial charge in [0.05, 0.1) is 40.6 Å². The Kier molecular flexibility index (Phi) is 8.39. The number of ether oxygens (including phenoxy) is 1. The summed E-state index contributed by atoms with van der Waals surface area (Å²) in [5.74, 6) is -0.298. The minimum atomic E-state index is -3.75. The van der Waals surface area contributed by atoms with E-state index >= 15 is 0 Å². The standard InChI is InChI=1S/C30H33N5O4S/c1-21-6-5-7-23(18-21)33-22(2)11-13-32-30(36)26-20-29(28-8-3-4-12-31-28)34-27-10-9-24(19-25(26)27)40(37,38)35-14-16-39-17-15-35/h3-10,12,18-20,22,33H,11,13-17H2,1-2H3,(H,32,36). The number of carbonyl (C=O) groups is 1. The van der Waals surface area contributed by atoms with Gasteiger partial charge in [-0.25, -0.2) is 13.4 Å². The number of nitrogens with zero attached hydrogens (tertiary/aromatic N) is 3. The third kappa shape index (κ3) is 6.30. The third-order valence-corrected chi connectivity index (χ3v) is 8.75. The summed E-state index contributed by atoms with van der Waals surface area (Å²) < 4.78 is 33.4. The smallest absolute Gasteiger partial charge is 0.252 e. The van der Waals surface area contributed by atoms with Crippen LogP contribution >= 0.6 is 0 Å². The zero-order valence-electron chi connectivity index (χ0n) is 22.6. The number of amides is 1. The number of anilines is 1. The van der Waals surface area contributed by atoms with Crippen LogP contribution in [0.1, 0.15) is 29.3 Å². The van der Waals surface area contributed by atoms with Crippen LogP contribution in [0, 0.1) is 6.92 Å². The second-order valence-electron chi connectivity index (χ2n) is 9.92. The quantitative estimate of drug-likeness (QED) is 0.315. The third-order valence-electron chi connectivity index (χ3n) is 6.85. The molecule has 1 atom stereocenters. The summed E-state index contributed by atoms with van der Waals surface area (Å²) in [5.41, 5.74) is 4.24. The fraction of sp³-hybridized carbons (Fsp3) is 0.300. The van der Waals surface area contributed by atoms with E-state index in [1.54, 1.807) is 30.5 Å². The van der Waals surface area contributed by atoms with Gasteiger partial charge in [0, 0.05) is 42.9 Å². The topological polar surface area (TPSA) is 114 Å². The molecule has 4 aromatic rings. The van der Waals surface area contributed by atoms with Crippen LogP contribution in [0.5, 0.6) is 0 Å². The van der Waals surface area contributed by atoms with Gasteiger partial charge in [0.25, 0.3) is 5.91 Å². The summed E-state index contributed by atoms with van der Waals surface area (Å²) in [6.07, 6.45) is 2.37. The van der Waals surface area contributed by atoms with E-state index in [1.807, 2.05) is 43.3 Å². The Morgan fingerprint density at radius 2 is 1.85 bits per heavy atom. The van der Waals surface area contributed by atoms with E-state index in [2.05, 4.69) is 28.6 Å². The molecule has 1 saturated heterocycles. The van der Waals surface area contributed by atoms with Crippen LogP contribution < -0.4 is 10.6 Å². The number of fused-ring (bicyclic) bond motifs is 1. The molecular weight excluding hydrogens is 526 g/mol. The molecule has 2 N–H and O–H groups in total. The summed E-state index contributed by atoms with van der Waals surface area (Å²) in [6, 6.07) is 20.2. The van der Waals surface area contributed by atoms with Crippen molar-refractivity contribution in [2.75, 3.05) is 38.2 Å². The molecule has 1 aliphatic rings. The average Bonchev–Trinajstić information content (AvgIpc) is 2.97. The second kappa shape index (κ2) is 12.1. The molecule has 1 fully saturated rings. The van der Waals surface area contributed by atoms with Gasteiger partial charge >= 0.3 is 0 Å². The Morgan fingerprint density at radius 1 is 1.02 bits per heavy atom. The first-order valence-corrected chi connectivity index (χ1v) is 14.8. The van der Waals surface area contributed by atoms with Crippen LogP contribution in [0.3, 0.4) is 0 Å². The summed E-state index contributed by atoms with van der Waals surface area (Å²) in [4.78, 5) is 22.8. The number of carbonyl (C=O) groups excluding carboxylic acids is 1. The number of hydrogen-bond acceptors (Lipinski definition) is 7. The van der Waals surface area contributed by atoms with Gasteiger partial charge in [-0.1, -0.05) is 18.2 Å². The van der Waals surface area contributed by atoms with E-state index in [9.17, 15) is 13.2 Å². The maximum atomic E-state index is 13.5. The highest BCUT2D eigenvalue weighted by Gasteiger charge is 2.27. The van der Waals surface area contributed by atoms with Gasteiger partial charge in [0.15, 0.2) is 0 Å². The van der Waals surface area contributed by atoms with E-state index in [0.29, 0.717) is 67.1 Å². The van der Waals surface area contributed by atoms with E-state index < -0.39 is 10.0 Å². The van der Waals surface area contributed by atoms with Crippen molar-refractivity contribution in [2.45, 2.75) is 31.2 Å². The molecule has 2 aromatic carbocycles. The van der Waals surface area contributed by atoms with Crippen molar-refractivity contribution in [1.29, 1.82) is 0 Å². The molecule has 1 aliphatic heterocycles. The van der Waals surface area contributed by atoms with Crippen molar-refractivity contribution in [3.63, 3.8) is 0 Å². The number of aromatic nitrogens is 2. The van der Waals surface area contributed by atoms with Crippen molar-refractivity contribution < 1.29 is 17.9 Å². The minimum Gasteiger partial charge on any atom is -0.383 e. The summed E-state index contributed by atoms with van der Waals surface area (Å²) in [5, 5.41) is 6.95. The van der Waals surface area contributed by atoms with Crippen molar-refractivity contribution in [1.82, 2.24) is 19.6 Å². The Labute approximate surface area is 234 Å². The predicted molar refractivity (Wildman–Crippen MR) is 156 cm³/mol. The largest absolute Gasteiger partial charge is 0.383 e. The SMILES string of the molecule is Cc1cccc(NC(C)CCNC(=O)c2cc(-c3ccccn3)nc3ccc(S(=O)(=O)N4CCOCC4)cc23)c1. The van der Waals surface area contributed by atoms with E-state index in [-0.39, 0.29) is 16.8 Å². The number of aryl methyl sites for hydroxylation is 1. The molecule has 208 valence electrons. The molecule has 3 heterocycles. The predicted octanol–water partition coefficient (Wildman–Crippen LogP) is 4.25. The second-order valence-corrected chi connectivity index (χ2v) is 11.9. The highest BCUT2D eigenvalue weighted by molar-refractivity contribution is 7.89. The van der Waals surface area contributed by atoms with Gasteiger partial charge in [-0.05, 0) is 74.4 Å². The van der Waals surface area contributed by atoms with Crippen LogP contribution in [0.15, 0.2) is 77.8 Å². The number of rotatable bonds is 9. The molecule has 0 radical (unpaired) electrons. The van der Waals surface area contributed by atoms with E-state index in [4.69, 9.17) is 9.72 Å². The molecule has 2 aromatic heterocycles. The van der Waals surface area contributed by atoms with Crippen LogP contribution in [0.2, 0.25) is 0 Å². The lowest BCUT2D eigenvalue weighted by molar-refractivity contribution is 0.0730. The van der Waals surface area contributed by atoms with Gasteiger partial charge in [-0.2, -0.15) is 4.31 Å². The molecule has 10 heteroatoms. The van der Waals surface area contributed by atoms with Gasteiger partial charge in [-0.3, -0.25) is 9.78 Å². The molecule has 40 heavy (non-hydrogen) atoms. The van der Waals surface area contributed by atoms with Crippen LogP contribution in [0.4, 0.5) is 5.69 Å². The number of nitrogens with one attached hydrogen (secondary N) is 2. The lowest BCUT2D eigenvalue weighted by Gasteiger charge is -2.26. The highest BCUT2D eigenvalue weighted by Crippen LogP contribution is 2.28. The number of benzene rings is 2. The lowest BCUT2D eigenvalue weighted by Crippen LogP contribution is -2.40. The van der Waals surface area contributed by atoms with Crippen molar-refractivity contribution in [2.24, 2.45) is 0 Å². The number of pyridine rings is 2. The molecule has 1 unspecified atom stereocenters. The fourth-order valence-corrected chi connectivity index (χ4v) is 6.16. The highest BCUT2D eigenvalue weighted by atomic mass is 32.2. The van der Waals surface area contributed by atoms with Crippen molar-refractivity contribution >= 4 is 32.5 Å². The van der Waals surface area contributed by atoms with Gasteiger partial charge < -0.3 is 15.4 Å². The van der Waals surface area contributed by atoms with Crippen LogP contribution in [-0.4, -0.2) is 67.5 Å². The monoisotopic (exact) mass is 559 g/mol. The lowest BCUT2D eigenvalue weighted by atomic mass is 10.1. The maximum absolute atomic E-state index is 13.5. The first-order chi connectivity index (χ1) is 19.3. The normalized spacial score (nSPS) is 15.1. The van der Waals surface area contributed by atoms with Crippen LogP contribution in [-0.2, 0) is 14.8 Å². The minimum absolute atomic E-state index is 0.124. The zero-order valence-corrected chi connectivity index (χ0v) is 23.4. The first kappa shape index (κ1) is 27.7. The molecule has 0 spiro atoms. The Balaban J connectivity index is 1.41. The van der Waals surface area contributed by atoms with Crippen molar-refractivity contribution in [3.8, 4) is 11.4 Å². The molecule has 0 saturated carbocycles. The maximum Gasteiger partial charge on any atom is 0.252 e. The molecule has 9 nitrogen and oxygen atoms in total. The number of hydrogen-bond donors (Lipinski definition) is 2. The Morgan fingerprint density at radius 3 is 2.60 bits per heavy atom. The van der Waals surface area contributed by atoms with Crippen molar-refractivity contribution in [3.05, 3.63) is 84.1 Å². The number of sulfonamides is 1. The van der Waals surface area contributed by atoms with E-state index in [0.717, 1.165) is 5.69 Å². The van der Waals surface area contributed by atoms with Gasteiger partial charge in [0.1, 0.15) is 0 Å². The number of morpholine rings is 1. The van der Waals surface area contributed by atoms with Crippen LogP contribution in [0.25, 0.3) is 22.3 Å². The summed E-state index contributed by atoms with van der Waals surface area (Å²) in [7, 11) is -3.75. The first-order valence-electron chi connectivity index (χ1n) is 13.4. The summed E-state index contributed by atoms with van der Waals surface area (Å²) >= 11 is 0. The molecule has 1 amide bonds. The molecule has 0 bridgehead atoms. The average molecular weight is 560 g/mol. The Hall–Kier alpha value is -3.86. The fourth-order valence-electron chi connectivity index (χ4n) is 4.72. The molecule has 0 aliphatic carbocycles. The Bertz CT molecular complexity index is 1610. The molecular formula is C30H33N5O4S.